The zero-order valence-electron chi connectivity index (χ0n) is 11.2. The summed E-state index contributed by atoms with van der Waals surface area (Å²) in [7, 11) is 1.78. The van der Waals surface area contributed by atoms with E-state index in [1.54, 1.807) is 7.11 Å². The summed E-state index contributed by atoms with van der Waals surface area (Å²) in [6.07, 6.45) is 5.37. The van der Waals surface area contributed by atoms with Gasteiger partial charge in [-0.25, -0.2) is 0 Å². The van der Waals surface area contributed by atoms with Gasteiger partial charge in [-0.05, 0) is 37.5 Å². The van der Waals surface area contributed by atoms with Crippen molar-refractivity contribution in [3.8, 4) is 5.75 Å². The maximum absolute atomic E-state index is 6.33. The first-order valence-electron chi connectivity index (χ1n) is 6.89. The van der Waals surface area contributed by atoms with Crippen molar-refractivity contribution in [2.75, 3.05) is 7.11 Å². The highest BCUT2D eigenvalue weighted by Gasteiger charge is 2.43. The standard InChI is InChI=1S/C15H20ClNO2/c1-18-11-3-2-6-15(8-11)9-13(17)12-7-10(16)4-5-14(12)19-15/h4-5,7,11,13H,2-3,6,8-9,17H2,1H3. The van der Waals surface area contributed by atoms with E-state index < -0.39 is 0 Å². The van der Waals surface area contributed by atoms with E-state index in [-0.39, 0.29) is 17.7 Å². The van der Waals surface area contributed by atoms with E-state index in [2.05, 4.69) is 0 Å². The summed E-state index contributed by atoms with van der Waals surface area (Å²) in [6.45, 7) is 0. The lowest BCUT2D eigenvalue weighted by Crippen LogP contribution is -2.48. The molecule has 2 aliphatic rings. The van der Waals surface area contributed by atoms with E-state index in [0.717, 1.165) is 43.4 Å². The topological polar surface area (TPSA) is 44.5 Å². The summed E-state index contributed by atoms with van der Waals surface area (Å²) in [5, 5.41) is 0.715. The fourth-order valence-electron chi connectivity index (χ4n) is 3.44. The van der Waals surface area contributed by atoms with Crippen LogP contribution >= 0.6 is 11.6 Å². The molecular formula is C15H20ClNO2. The maximum Gasteiger partial charge on any atom is 0.125 e. The molecule has 3 rings (SSSR count). The monoisotopic (exact) mass is 281 g/mol. The molecule has 0 saturated heterocycles. The van der Waals surface area contributed by atoms with Crippen LogP contribution in [0, 0.1) is 0 Å². The Morgan fingerprint density at radius 2 is 2.26 bits per heavy atom. The Balaban J connectivity index is 1.89. The summed E-state index contributed by atoms with van der Waals surface area (Å²) < 4.78 is 11.8. The van der Waals surface area contributed by atoms with Crippen LogP contribution in [0.4, 0.5) is 0 Å². The third-order valence-corrected chi connectivity index (χ3v) is 4.62. The molecule has 0 radical (unpaired) electrons. The van der Waals surface area contributed by atoms with Gasteiger partial charge in [0.15, 0.2) is 0 Å². The van der Waals surface area contributed by atoms with Gasteiger partial charge < -0.3 is 15.2 Å². The van der Waals surface area contributed by atoms with Crippen LogP contribution in [-0.4, -0.2) is 18.8 Å². The molecule has 0 amide bonds. The molecule has 104 valence electrons. The van der Waals surface area contributed by atoms with Crippen molar-refractivity contribution in [2.24, 2.45) is 5.73 Å². The van der Waals surface area contributed by atoms with Crippen molar-refractivity contribution in [1.29, 1.82) is 0 Å². The summed E-state index contributed by atoms with van der Waals surface area (Å²) in [5.74, 6) is 0.889. The van der Waals surface area contributed by atoms with Gasteiger partial charge in [-0.1, -0.05) is 11.6 Å². The molecule has 1 fully saturated rings. The molecule has 3 unspecified atom stereocenters. The summed E-state index contributed by atoms with van der Waals surface area (Å²) >= 11 is 6.03. The molecule has 1 heterocycles. The van der Waals surface area contributed by atoms with Gasteiger partial charge in [0.1, 0.15) is 11.4 Å². The van der Waals surface area contributed by atoms with Crippen molar-refractivity contribution in [3.05, 3.63) is 28.8 Å². The molecule has 0 bridgehead atoms. The van der Waals surface area contributed by atoms with Gasteiger partial charge in [-0.3, -0.25) is 0 Å². The van der Waals surface area contributed by atoms with Gasteiger partial charge in [0.25, 0.3) is 0 Å². The van der Waals surface area contributed by atoms with Crippen LogP contribution in [0.1, 0.15) is 43.7 Å². The second-order valence-electron chi connectivity index (χ2n) is 5.73. The van der Waals surface area contributed by atoms with E-state index in [0.29, 0.717) is 5.02 Å². The van der Waals surface area contributed by atoms with Crippen molar-refractivity contribution in [2.45, 2.75) is 49.9 Å². The number of nitrogens with two attached hydrogens (primary N) is 1. The molecular weight excluding hydrogens is 262 g/mol. The van der Waals surface area contributed by atoms with Crippen LogP contribution < -0.4 is 10.5 Å². The number of methoxy groups -OCH3 is 1. The Morgan fingerprint density at radius 1 is 1.42 bits per heavy atom. The molecule has 2 N–H and O–H groups in total. The fraction of sp³-hybridized carbons (Fsp3) is 0.600. The number of benzene rings is 1. The van der Waals surface area contributed by atoms with Crippen molar-refractivity contribution in [1.82, 2.24) is 0 Å². The smallest absolute Gasteiger partial charge is 0.125 e. The van der Waals surface area contributed by atoms with Gasteiger partial charge in [0.05, 0.1) is 6.10 Å². The van der Waals surface area contributed by atoms with E-state index in [9.17, 15) is 0 Å². The first-order valence-corrected chi connectivity index (χ1v) is 7.26. The third kappa shape index (κ3) is 2.47. The Bertz CT molecular complexity index is 479. The van der Waals surface area contributed by atoms with Crippen molar-refractivity contribution in [3.63, 3.8) is 0 Å². The van der Waals surface area contributed by atoms with E-state index in [1.165, 1.54) is 0 Å². The Labute approximate surface area is 119 Å². The second-order valence-corrected chi connectivity index (χ2v) is 6.17. The molecule has 3 atom stereocenters. The number of hydrogen-bond donors (Lipinski definition) is 1. The lowest BCUT2D eigenvalue weighted by Gasteiger charge is -2.45. The van der Waals surface area contributed by atoms with Crippen LogP contribution in [-0.2, 0) is 4.74 Å². The number of fused-ring (bicyclic) bond motifs is 1. The number of halogens is 1. The largest absolute Gasteiger partial charge is 0.487 e. The predicted molar refractivity (Wildman–Crippen MR) is 75.6 cm³/mol. The van der Waals surface area contributed by atoms with E-state index in [1.807, 2.05) is 18.2 Å². The molecule has 0 aromatic heterocycles. The van der Waals surface area contributed by atoms with Gasteiger partial charge in [0.2, 0.25) is 0 Å². The van der Waals surface area contributed by atoms with Crippen LogP contribution in [0.3, 0.4) is 0 Å². The highest BCUT2D eigenvalue weighted by atomic mass is 35.5. The first-order chi connectivity index (χ1) is 9.12. The molecule has 19 heavy (non-hydrogen) atoms. The zero-order chi connectivity index (χ0) is 13.5. The summed E-state index contributed by atoms with van der Waals surface area (Å²) in [6, 6.07) is 5.72. The number of ether oxygens (including phenoxy) is 2. The lowest BCUT2D eigenvalue weighted by atomic mass is 9.76. The van der Waals surface area contributed by atoms with E-state index in [4.69, 9.17) is 26.8 Å². The van der Waals surface area contributed by atoms with Gasteiger partial charge in [0, 0.05) is 36.6 Å². The Hall–Kier alpha value is -0.770. The van der Waals surface area contributed by atoms with Gasteiger partial charge >= 0.3 is 0 Å². The van der Waals surface area contributed by atoms with Gasteiger partial charge in [-0.15, -0.1) is 0 Å². The molecule has 1 aromatic carbocycles. The van der Waals surface area contributed by atoms with Crippen LogP contribution in [0.25, 0.3) is 0 Å². The third-order valence-electron chi connectivity index (χ3n) is 4.38. The minimum absolute atomic E-state index is 0.00180. The Morgan fingerprint density at radius 3 is 3.05 bits per heavy atom. The average Bonchev–Trinajstić information content (AvgIpc) is 2.40. The molecule has 1 aromatic rings. The zero-order valence-corrected chi connectivity index (χ0v) is 12.0. The summed E-state index contributed by atoms with van der Waals surface area (Å²) in [4.78, 5) is 0. The van der Waals surface area contributed by atoms with Crippen LogP contribution in [0.15, 0.2) is 18.2 Å². The molecule has 1 spiro atoms. The quantitative estimate of drug-likeness (QED) is 0.857. The lowest BCUT2D eigenvalue weighted by molar-refractivity contribution is -0.0577. The molecule has 1 aliphatic heterocycles. The highest BCUT2D eigenvalue weighted by molar-refractivity contribution is 6.30. The van der Waals surface area contributed by atoms with Crippen LogP contribution in [0.2, 0.25) is 5.02 Å². The van der Waals surface area contributed by atoms with Crippen LogP contribution in [0.5, 0.6) is 5.75 Å². The predicted octanol–water partition coefficient (Wildman–Crippen LogP) is 3.45. The molecule has 3 nitrogen and oxygen atoms in total. The first kappa shape index (κ1) is 13.2. The second kappa shape index (κ2) is 4.97. The molecule has 1 saturated carbocycles. The highest BCUT2D eigenvalue weighted by Crippen LogP contribution is 2.46. The minimum Gasteiger partial charge on any atom is -0.487 e. The SMILES string of the molecule is COC1CCCC2(C1)CC(N)c1cc(Cl)ccc1O2. The number of hydrogen-bond acceptors (Lipinski definition) is 3. The normalized spacial score (nSPS) is 33.8. The number of rotatable bonds is 1. The maximum atomic E-state index is 6.33. The van der Waals surface area contributed by atoms with Crippen molar-refractivity contribution < 1.29 is 9.47 Å². The fourth-order valence-corrected chi connectivity index (χ4v) is 3.62. The summed E-state index contributed by atoms with van der Waals surface area (Å²) in [5.41, 5.74) is 7.20. The molecule has 1 aliphatic carbocycles. The minimum atomic E-state index is -0.154. The van der Waals surface area contributed by atoms with Gasteiger partial charge in [-0.2, -0.15) is 0 Å². The van der Waals surface area contributed by atoms with E-state index >= 15 is 0 Å². The molecule has 4 heteroatoms. The van der Waals surface area contributed by atoms with Crippen molar-refractivity contribution >= 4 is 11.6 Å². The Kier molecular flexibility index (Phi) is 3.46. The average molecular weight is 282 g/mol.